The van der Waals surface area contributed by atoms with Crippen molar-refractivity contribution in [3.05, 3.63) is 23.8 Å². The standard InChI is InChI=1S/C30H47NO11/c1-6-9-11-16-37-28(34)41-25-15-14-23(19-26(25)42-29(35)38-17-12-10-7-2)18-24(27(32)33)31-20-22(5)40-30(36)39-21(4)13-8-3/h14-15,19,21-22,24,31H,6-13,16-18,20H2,1-5H3,(H,32,33)/t21?,22?,24-/m0/s1. The fourth-order valence-corrected chi connectivity index (χ4v) is 3.75. The normalized spacial score (nSPS) is 12.9. The molecule has 0 aliphatic rings. The van der Waals surface area contributed by atoms with E-state index in [2.05, 4.69) is 5.32 Å². The van der Waals surface area contributed by atoms with Crippen LogP contribution in [0.25, 0.3) is 0 Å². The van der Waals surface area contributed by atoms with Crippen molar-refractivity contribution in [2.24, 2.45) is 0 Å². The number of carboxylic acid groups (broad SMARTS) is 1. The number of unbranched alkanes of at least 4 members (excludes halogenated alkanes) is 4. The van der Waals surface area contributed by atoms with E-state index in [0.29, 0.717) is 24.8 Å². The first-order valence-electron chi connectivity index (χ1n) is 14.7. The van der Waals surface area contributed by atoms with Crippen molar-refractivity contribution in [2.45, 2.75) is 111 Å². The number of nitrogens with one attached hydrogen (secondary N) is 1. The molecule has 0 saturated heterocycles. The summed E-state index contributed by atoms with van der Waals surface area (Å²) in [6.45, 7) is 9.80. The molecule has 3 atom stereocenters. The highest BCUT2D eigenvalue weighted by molar-refractivity contribution is 5.74. The van der Waals surface area contributed by atoms with E-state index >= 15 is 0 Å². The van der Waals surface area contributed by atoms with Gasteiger partial charge in [-0.2, -0.15) is 0 Å². The molecule has 0 aliphatic heterocycles. The molecule has 12 heteroatoms. The fraction of sp³-hybridized carbons (Fsp3) is 0.667. The van der Waals surface area contributed by atoms with Crippen molar-refractivity contribution in [3.8, 4) is 11.5 Å². The van der Waals surface area contributed by atoms with Gasteiger partial charge in [0.2, 0.25) is 0 Å². The molecule has 0 aromatic heterocycles. The first kappa shape index (κ1) is 36.5. The monoisotopic (exact) mass is 597 g/mol. The minimum absolute atomic E-state index is 0.0241. The lowest BCUT2D eigenvalue weighted by Gasteiger charge is -2.20. The molecule has 1 aromatic rings. The minimum Gasteiger partial charge on any atom is -0.480 e. The van der Waals surface area contributed by atoms with E-state index in [-0.39, 0.29) is 43.8 Å². The summed E-state index contributed by atoms with van der Waals surface area (Å²) < 4.78 is 31.1. The Hall–Kier alpha value is -3.54. The molecule has 0 bridgehead atoms. The van der Waals surface area contributed by atoms with Gasteiger partial charge in [0.05, 0.1) is 13.2 Å². The van der Waals surface area contributed by atoms with Crippen LogP contribution in [0.1, 0.15) is 91.5 Å². The highest BCUT2D eigenvalue weighted by Gasteiger charge is 2.23. The van der Waals surface area contributed by atoms with E-state index in [1.807, 2.05) is 20.8 Å². The molecular formula is C30H47NO11. The predicted octanol–water partition coefficient (Wildman–Crippen LogP) is 6.41. The van der Waals surface area contributed by atoms with E-state index in [1.54, 1.807) is 19.9 Å². The zero-order valence-corrected chi connectivity index (χ0v) is 25.5. The Morgan fingerprint density at radius 2 is 1.33 bits per heavy atom. The first-order valence-corrected chi connectivity index (χ1v) is 14.7. The molecular weight excluding hydrogens is 550 g/mol. The number of rotatable bonds is 20. The van der Waals surface area contributed by atoms with Crippen molar-refractivity contribution in [1.82, 2.24) is 5.32 Å². The predicted molar refractivity (Wildman–Crippen MR) is 154 cm³/mol. The van der Waals surface area contributed by atoms with Gasteiger partial charge in [-0.1, -0.05) is 58.9 Å². The summed E-state index contributed by atoms with van der Waals surface area (Å²) >= 11 is 0. The van der Waals surface area contributed by atoms with Crippen molar-refractivity contribution in [3.63, 3.8) is 0 Å². The average Bonchev–Trinajstić information content (AvgIpc) is 2.92. The van der Waals surface area contributed by atoms with Crippen molar-refractivity contribution < 1.29 is 52.7 Å². The van der Waals surface area contributed by atoms with Gasteiger partial charge in [-0.15, -0.1) is 0 Å². The number of aliphatic carboxylic acids is 1. The van der Waals surface area contributed by atoms with E-state index in [1.165, 1.54) is 12.1 Å². The van der Waals surface area contributed by atoms with Crippen LogP contribution in [0.2, 0.25) is 0 Å². The third kappa shape index (κ3) is 16.0. The number of carbonyl (C=O) groups excluding carboxylic acids is 3. The Balaban J connectivity index is 2.91. The largest absolute Gasteiger partial charge is 0.513 e. The molecule has 0 heterocycles. The van der Waals surface area contributed by atoms with Crippen molar-refractivity contribution >= 4 is 24.4 Å². The zero-order valence-electron chi connectivity index (χ0n) is 25.5. The van der Waals surface area contributed by atoms with Crippen LogP contribution >= 0.6 is 0 Å². The molecule has 0 fully saturated rings. The van der Waals surface area contributed by atoms with Gasteiger partial charge in [0.15, 0.2) is 11.5 Å². The van der Waals surface area contributed by atoms with Crippen LogP contribution in [-0.2, 0) is 30.2 Å². The van der Waals surface area contributed by atoms with E-state index in [4.69, 9.17) is 28.4 Å². The average molecular weight is 598 g/mol. The summed E-state index contributed by atoms with van der Waals surface area (Å²) in [7, 11) is 0. The Morgan fingerprint density at radius 1 is 0.762 bits per heavy atom. The number of hydrogen-bond acceptors (Lipinski definition) is 11. The second-order valence-corrected chi connectivity index (χ2v) is 10.00. The molecule has 2 unspecified atom stereocenters. The lowest BCUT2D eigenvalue weighted by molar-refractivity contribution is -0.139. The molecule has 0 spiro atoms. The third-order valence-electron chi connectivity index (χ3n) is 6.01. The number of benzene rings is 1. The van der Waals surface area contributed by atoms with Crippen LogP contribution in [0.3, 0.4) is 0 Å². The van der Waals surface area contributed by atoms with Gasteiger partial charge < -0.3 is 38.8 Å². The second-order valence-electron chi connectivity index (χ2n) is 10.00. The molecule has 0 saturated carbocycles. The SMILES string of the molecule is CCCCCOC(=O)Oc1ccc(C[C@H](NCC(C)OC(=O)OC(C)CCC)C(=O)O)cc1OC(=O)OCCCCC. The summed E-state index contributed by atoms with van der Waals surface area (Å²) in [5.74, 6) is -1.35. The quantitative estimate of drug-likeness (QED) is 0.0737. The van der Waals surface area contributed by atoms with Gasteiger partial charge in [0.25, 0.3) is 0 Å². The van der Waals surface area contributed by atoms with Gasteiger partial charge in [0, 0.05) is 6.54 Å². The number of carbonyl (C=O) groups is 4. The van der Waals surface area contributed by atoms with Gasteiger partial charge >= 0.3 is 24.4 Å². The Labute approximate surface area is 248 Å². The Kier molecular flexibility index (Phi) is 18.4. The highest BCUT2D eigenvalue weighted by atomic mass is 16.7. The highest BCUT2D eigenvalue weighted by Crippen LogP contribution is 2.30. The van der Waals surface area contributed by atoms with Gasteiger partial charge in [-0.25, -0.2) is 14.4 Å². The van der Waals surface area contributed by atoms with Crippen LogP contribution in [-0.4, -0.2) is 67.6 Å². The zero-order chi connectivity index (χ0) is 31.3. The number of carboxylic acids is 1. The maximum Gasteiger partial charge on any atom is 0.513 e. The molecule has 1 aromatic carbocycles. The lowest BCUT2D eigenvalue weighted by Crippen LogP contribution is -2.42. The summed E-state index contributed by atoms with van der Waals surface area (Å²) in [6, 6.07) is 3.26. The maximum absolute atomic E-state index is 12.3. The summed E-state index contributed by atoms with van der Waals surface area (Å²) in [4.78, 5) is 48.4. The molecule has 238 valence electrons. The lowest BCUT2D eigenvalue weighted by atomic mass is 10.0. The first-order chi connectivity index (χ1) is 20.1. The third-order valence-corrected chi connectivity index (χ3v) is 6.01. The van der Waals surface area contributed by atoms with Crippen LogP contribution in [0, 0.1) is 0 Å². The Morgan fingerprint density at radius 3 is 1.88 bits per heavy atom. The fourth-order valence-electron chi connectivity index (χ4n) is 3.75. The number of ether oxygens (including phenoxy) is 6. The van der Waals surface area contributed by atoms with Crippen LogP contribution in [0.15, 0.2) is 18.2 Å². The van der Waals surface area contributed by atoms with Crippen LogP contribution in [0.5, 0.6) is 11.5 Å². The molecule has 1 rings (SSSR count). The smallest absolute Gasteiger partial charge is 0.480 e. The molecule has 0 radical (unpaired) electrons. The van der Waals surface area contributed by atoms with Crippen molar-refractivity contribution in [2.75, 3.05) is 19.8 Å². The number of hydrogen-bond donors (Lipinski definition) is 2. The molecule has 0 aliphatic carbocycles. The minimum atomic E-state index is -1.14. The maximum atomic E-state index is 12.3. The van der Waals surface area contributed by atoms with Crippen LogP contribution in [0.4, 0.5) is 14.4 Å². The van der Waals surface area contributed by atoms with E-state index in [9.17, 15) is 24.3 Å². The van der Waals surface area contributed by atoms with Gasteiger partial charge in [-0.05, 0) is 57.2 Å². The van der Waals surface area contributed by atoms with Crippen molar-refractivity contribution in [1.29, 1.82) is 0 Å². The molecule has 2 N–H and O–H groups in total. The molecule has 42 heavy (non-hydrogen) atoms. The van der Waals surface area contributed by atoms with E-state index in [0.717, 1.165) is 32.1 Å². The van der Waals surface area contributed by atoms with Gasteiger partial charge in [0.1, 0.15) is 18.2 Å². The summed E-state index contributed by atoms with van der Waals surface area (Å²) in [5.41, 5.74) is 0.466. The summed E-state index contributed by atoms with van der Waals surface area (Å²) in [6.07, 6.45) is 2.87. The summed E-state index contributed by atoms with van der Waals surface area (Å²) in [5, 5.41) is 12.6. The second kappa shape index (κ2) is 21.2. The van der Waals surface area contributed by atoms with Crippen LogP contribution < -0.4 is 14.8 Å². The van der Waals surface area contributed by atoms with Gasteiger partial charge in [-0.3, -0.25) is 4.79 Å². The molecule has 0 amide bonds. The topological polar surface area (TPSA) is 156 Å². The Bertz CT molecular complexity index is 969. The van der Waals surface area contributed by atoms with E-state index < -0.39 is 36.6 Å². The molecule has 12 nitrogen and oxygen atoms in total.